The Morgan fingerprint density at radius 1 is 0.895 bits per heavy atom. The molecule has 0 aliphatic heterocycles. The molecule has 2 aromatic carbocycles. The zero-order valence-electron chi connectivity index (χ0n) is 12.5. The molecule has 0 fully saturated rings. The molecule has 1 heteroatoms. The summed E-state index contributed by atoms with van der Waals surface area (Å²) in [5.41, 5.74) is 1.47. The van der Waals surface area contributed by atoms with E-state index in [0.29, 0.717) is 17.9 Å². The molecule has 0 aliphatic carbocycles. The van der Waals surface area contributed by atoms with Gasteiger partial charge in [-0.3, -0.25) is 0 Å². The minimum absolute atomic E-state index is 0.558. The molecule has 2 rings (SSSR count). The highest BCUT2D eigenvalue weighted by molar-refractivity contribution is 5.86. The van der Waals surface area contributed by atoms with Crippen LogP contribution in [-0.4, -0.2) is 12.6 Å². The van der Waals surface area contributed by atoms with E-state index in [-0.39, 0.29) is 0 Å². The average molecular weight is 255 g/mol. The highest BCUT2D eigenvalue weighted by Crippen LogP contribution is 2.30. The van der Waals surface area contributed by atoms with Crippen molar-refractivity contribution >= 4 is 10.8 Å². The summed E-state index contributed by atoms with van der Waals surface area (Å²) in [4.78, 5) is 0. The highest BCUT2D eigenvalue weighted by atomic mass is 14.9. The van der Waals surface area contributed by atoms with Crippen molar-refractivity contribution in [3.63, 3.8) is 0 Å². The van der Waals surface area contributed by atoms with E-state index in [1.54, 1.807) is 0 Å². The molecule has 0 amide bonds. The second-order valence-corrected chi connectivity index (χ2v) is 5.90. The molecule has 0 spiro atoms. The molecule has 1 nitrogen and oxygen atoms in total. The normalized spacial score (nSPS) is 14.8. The van der Waals surface area contributed by atoms with Gasteiger partial charge in [-0.15, -0.1) is 0 Å². The third-order valence-electron chi connectivity index (χ3n) is 4.02. The van der Waals surface area contributed by atoms with Gasteiger partial charge in [-0.2, -0.15) is 0 Å². The second kappa shape index (κ2) is 6.21. The molecule has 19 heavy (non-hydrogen) atoms. The van der Waals surface area contributed by atoms with Gasteiger partial charge in [0, 0.05) is 6.04 Å². The van der Waals surface area contributed by atoms with Crippen molar-refractivity contribution in [1.82, 2.24) is 5.32 Å². The van der Waals surface area contributed by atoms with Crippen molar-refractivity contribution in [3.05, 3.63) is 48.0 Å². The lowest BCUT2D eigenvalue weighted by molar-refractivity contribution is 0.427. The first-order chi connectivity index (χ1) is 9.09. The first kappa shape index (κ1) is 14.1. The van der Waals surface area contributed by atoms with Crippen LogP contribution in [0.5, 0.6) is 0 Å². The molecule has 0 radical (unpaired) electrons. The lowest BCUT2D eigenvalue weighted by Crippen LogP contribution is -2.29. The standard InChI is InChI=1S/C18H25N/c1-13(2)19-12-14(3)15(4)17-11-7-9-16-8-5-6-10-18(16)17/h5-11,13-15,19H,12H2,1-4H3. The summed E-state index contributed by atoms with van der Waals surface area (Å²) in [6, 6.07) is 15.9. The molecule has 0 bridgehead atoms. The summed E-state index contributed by atoms with van der Waals surface area (Å²) in [6.07, 6.45) is 0. The Morgan fingerprint density at radius 3 is 2.32 bits per heavy atom. The molecular weight excluding hydrogens is 230 g/mol. The molecule has 102 valence electrons. The fourth-order valence-electron chi connectivity index (χ4n) is 2.55. The Kier molecular flexibility index (Phi) is 4.60. The van der Waals surface area contributed by atoms with Crippen molar-refractivity contribution in [2.45, 2.75) is 39.7 Å². The summed E-state index contributed by atoms with van der Waals surface area (Å²) in [6.45, 7) is 10.2. The Hall–Kier alpha value is -1.34. The van der Waals surface area contributed by atoms with Crippen LogP contribution < -0.4 is 5.32 Å². The van der Waals surface area contributed by atoms with Crippen LogP contribution in [-0.2, 0) is 0 Å². The number of fused-ring (bicyclic) bond motifs is 1. The van der Waals surface area contributed by atoms with Gasteiger partial charge in [0.2, 0.25) is 0 Å². The molecule has 2 atom stereocenters. The van der Waals surface area contributed by atoms with E-state index in [1.807, 2.05) is 0 Å². The van der Waals surface area contributed by atoms with Gasteiger partial charge in [0.25, 0.3) is 0 Å². The van der Waals surface area contributed by atoms with E-state index in [4.69, 9.17) is 0 Å². The summed E-state index contributed by atoms with van der Waals surface area (Å²) in [5, 5.41) is 6.28. The van der Waals surface area contributed by atoms with Crippen LogP contribution in [0.4, 0.5) is 0 Å². The summed E-state index contributed by atoms with van der Waals surface area (Å²) >= 11 is 0. The van der Waals surface area contributed by atoms with E-state index >= 15 is 0 Å². The van der Waals surface area contributed by atoms with Crippen molar-refractivity contribution in [1.29, 1.82) is 0 Å². The molecule has 0 aliphatic rings. The predicted molar refractivity (Wildman–Crippen MR) is 84.7 cm³/mol. The monoisotopic (exact) mass is 255 g/mol. The Bertz CT molecular complexity index is 525. The molecule has 2 unspecified atom stereocenters. The van der Waals surface area contributed by atoms with E-state index < -0.39 is 0 Å². The minimum Gasteiger partial charge on any atom is -0.314 e. The lowest BCUT2D eigenvalue weighted by Gasteiger charge is -2.23. The molecule has 0 saturated heterocycles. The van der Waals surface area contributed by atoms with Crippen LogP contribution in [0.2, 0.25) is 0 Å². The molecule has 1 N–H and O–H groups in total. The highest BCUT2D eigenvalue weighted by Gasteiger charge is 2.16. The Labute approximate surface area is 117 Å². The topological polar surface area (TPSA) is 12.0 Å². The van der Waals surface area contributed by atoms with Gasteiger partial charge in [0.05, 0.1) is 0 Å². The van der Waals surface area contributed by atoms with Crippen LogP contribution in [0, 0.1) is 5.92 Å². The first-order valence-electron chi connectivity index (χ1n) is 7.30. The van der Waals surface area contributed by atoms with Crippen LogP contribution in [0.15, 0.2) is 42.5 Å². The maximum atomic E-state index is 3.54. The number of hydrogen-bond acceptors (Lipinski definition) is 1. The van der Waals surface area contributed by atoms with Gasteiger partial charge in [-0.05, 0) is 34.7 Å². The molecule has 0 aromatic heterocycles. The lowest BCUT2D eigenvalue weighted by atomic mass is 9.86. The smallest absolute Gasteiger partial charge is 0.00104 e. The number of benzene rings is 2. The number of nitrogens with one attached hydrogen (secondary N) is 1. The summed E-state index contributed by atoms with van der Waals surface area (Å²) < 4.78 is 0. The molecular formula is C18H25N. The Morgan fingerprint density at radius 2 is 1.58 bits per heavy atom. The maximum absolute atomic E-state index is 3.54. The van der Waals surface area contributed by atoms with Crippen molar-refractivity contribution in [2.75, 3.05) is 6.54 Å². The van der Waals surface area contributed by atoms with E-state index in [0.717, 1.165) is 6.54 Å². The summed E-state index contributed by atoms with van der Waals surface area (Å²) in [5.74, 6) is 1.20. The first-order valence-corrected chi connectivity index (χ1v) is 7.30. The van der Waals surface area contributed by atoms with E-state index in [1.165, 1.54) is 16.3 Å². The van der Waals surface area contributed by atoms with E-state index in [9.17, 15) is 0 Å². The van der Waals surface area contributed by atoms with Gasteiger partial charge >= 0.3 is 0 Å². The van der Waals surface area contributed by atoms with Crippen LogP contribution >= 0.6 is 0 Å². The molecule has 0 saturated carbocycles. The fourth-order valence-corrected chi connectivity index (χ4v) is 2.55. The fraction of sp³-hybridized carbons (Fsp3) is 0.444. The van der Waals surface area contributed by atoms with Gasteiger partial charge in [0.1, 0.15) is 0 Å². The largest absolute Gasteiger partial charge is 0.314 e. The van der Waals surface area contributed by atoms with Crippen molar-refractivity contribution < 1.29 is 0 Å². The Balaban J connectivity index is 2.23. The predicted octanol–water partition coefficient (Wildman–Crippen LogP) is 4.58. The quantitative estimate of drug-likeness (QED) is 0.824. The van der Waals surface area contributed by atoms with Crippen LogP contribution in [0.1, 0.15) is 39.2 Å². The third-order valence-corrected chi connectivity index (χ3v) is 4.02. The van der Waals surface area contributed by atoms with Gasteiger partial charge in [-0.1, -0.05) is 70.2 Å². The SMILES string of the molecule is CC(C)NCC(C)C(C)c1cccc2ccccc12. The zero-order valence-corrected chi connectivity index (χ0v) is 12.5. The van der Waals surface area contributed by atoms with E-state index in [2.05, 4.69) is 75.5 Å². The maximum Gasteiger partial charge on any atom is 0.00104 e. The minimum atomic E-state index is 0.558. The van der Waals surface area contributed by atoms with Crippen molar-refractivity contribution in [3.8, 4) is 0 Å². The van der Waals surface area contributed by atoms with Crippen LogP contribution in [0.25, 0.3) is 10.8 Å². The van der Waals surface area contributed by atoms with Gasteiger partial charge in [-0.25, -0.2) is 0 Å². The number of rotatable bonds is 5. The zero-order chi connectivity index (χ0) is 13.8. The molecule has 2 aromatic rings. The van der Waals surface area contributed by atoms with Gasteiger partial charge < -0.3 is 5.32 Å². The summed E-state index contributed by atoms with van der Waals surface area (Å²) in [7, 11) is 0. The number of hydrogen-bond donors (Lipinski definition) is 1. The van der Waals surface area contributed by atoms with Crippen LogP contribution in [0.3, 0.4) is 0 Å². The third kappa shape index (κ3) is 3.36. The van der Waals surface area contributed by atoms with Gasteiger partial charge in [0.15, 0.2) is 0 Å². The van der Waals surface area contributed by atoms with Crippen molar-refractivity contribution in [2.24, 2.45) is 5.92 Å². The molecule has 0 heterocycles. The average Bonchev–Trinajstić information content (AvgIpc) is 2.43. The second-order valence-electron chi connectivity index (χ2n) is 5.90.